The van der Waals surface area contributed by atoms with Crippen LogP contribution in [0.25, 0.3) is 0 Å². The van der Waals surface area contributed by atoms with E-state index in [4.69, 9.17) is 0 Å². The van der Waals surface area contributed by atoms with E-state index in [1.807, 2.05) is 19.1 Å². The van der Waals surface area contributed by atoms with Crippen molar-refractivity contribution in [2.24, 2.45) is 0 Å². The topological polar surface area (TPSA) is 12.0 Å². The molecule has 0 aliphatic heterocycles. The minimum Gasteiger partial charge on any atom is -0.313 e. The van der Waals surface area contributed by atoms with Crippen LogP contribution < -0.4 is 5.32 Å². The zero-order chi connectivity index (χ0) is 13.9. The molecule has 1 nitrogen and oxygen atoms in total. The molecule has 0 aromatic heterocycles. The van der Waals surface area contributed by atoms with Crippen LogP contribution in [-0.2, 0) is 0 Å². The molecule has 0 aliphatic rings. The van der Waals surface area contributed by atoms with Crippen molar-refractivity contribution >= 4 is 11.8 Å². The molecular formula is C16H22FNS. The third-order valence-corrected chi connectivity index (χ3v) is 3.97. The molecule has 0 bridgehead atoms. The van der Waals surface area contributed by atoms with Gasteiger partial charge < -0.3 is 5.32 Å². The molecule has 1 aromatic carbocycles. The fourth-order valence-electron chi connectivity index (χ4n) is 1.72. The van der Waals surface area contributed by atoms with Gasteiger partial charge in [0, 0.05) is 23.1 Å². The summed E-state index contributed by atoms with van der Waals surface area (Å²) in [6.45, 7) is 5.02. The zero-order valence-electron chi connectivity index (χ0n) is 11.7. The molecule has 1 atom stereocenters. The van der Waals surface area contributed by atoms with Crippen LogP contribution in [0, 0.1) is 17.7 Å². The highest BCUT2D eigenvalue weighted by Crippen LogP contribution is 2.22. The van der Waals surface area contributed by atoms with Gasteiger partial charge in [-0.2, -0.15) is 0 Å². The number of rotatable bonds is 8. The Balaban J connectivity index is 2.46. The van der Waals surface area contributed by atoms with Crippen molar-refractivity contribution in [3.8, 4) is 11.8 Å². The lowest BCUT2D eigenvalue weighted by molar-refractivity contribution is 0.526. The van der Waals surface area contributed by atoms with Crippen LogP contribution in [0.1, 0.15) is 33.1 Å². The Morgan fingerprint density at radius 1 is 1.37 bits per heavy atom. The maximum Gasteiger partial charge on any atom is 0.136 e. The van der Waals surface area contributed by atoms with Gasteiger partial charge in [0.1, 0.15) is 5.82 Å². The normalized spacial score (nSPS) is 11.7. The number of nitrogens with one attached hydrogen (secondary N) is 1. The molecule has 1 aromatic rings. The van der Waals surface area contributed by atoms with Gasteiger partial charge in [-0.1, -0.05) is 19.1 Å². The van der Waals surface area contributed by atoms with E-state index in [0.29, 0.717) is 6.04 Å². The van der Waals surface area contributed by atoms with E-state index in [1.165, 1.54) is 6.07 Å². The molecule has 0 heterocycles. The van der Waals surface area contributed by atoms with Crippen molar-refractivity contribution in [1.82, 2.24) is 5.32 Å². The molecule has 0 saturated carbocycles. The number of benzene rings is 1. The monoisotopic (exact) mass is 279 g/mol. The van der Waals surface area contributed by atoms with E-state index in [1.54, 1.807) is 17.8 Å². The highest BCUT2D eigenvalue weighted by molar-refractivity contribution is 7.99. The molecule has 0 fully saturated rings. The van der Waals surface area contributed by atoms with Gasteiger partial charge in [0.15, 0.2) is 0 Å². The molecule has 0 spiro atoms. The van der Waals surface area contributed by atoms with E-state index in [2.05, 4.69) is 24.1 Å². The maximum absolute atomic E-state index is 13.5. The first kappa shape index (κ1) is 16.1. The summed E-state index contributed by atoms with van der Waals surface area (Å²) in [6.07, 6.45) is 3.03. The van der Waals surface area contributed by atoms with E-state index >= 15 is 0 Å². The molecular weight excluding hydrogens is 257 g/mol. The second-order valence-electron chi connectivity index (χ2n) is 4.36. The Kier molecular flexibility index (Phi) is 8.36. The second-order valence-corrected chi connectivity index (χ2v) is 5.42. The highest BCUT2D eigenvalue weighted by atomic mass is 32.2. The number of hydrogen-bond acceptors (Lipinski definition) is 2. The largest absolute Gasteiger partial charge is 0.313 e. The minimum atomic E-state index is -0.130. The van der Waals surface area contributed by atoms with Gasteiger partial charge in [-0.05, 0) is 38.4 Å². The van der Waals surface area contributed by atoms with Crippen LogP contribution in [0.15, 0.2) is 29.2 Å². The van der Waals surface area contributed by atoms with Crippen LogP contribution in [0.3, 0.4) is 0 Å². The number of hydrogen-bond donors (Lipinski definition) is 1. The van der Waals surface area contributed by atoms with Gasteiger partial charge in [-0.3, -0.25) is 0 Å². The Hall–Kier alpha value is -0.980. The van der Waals surface area contributed by atoms with Crippen molar-refractivity contribution < 1.29 is 4.39 Å². The SMILES string of the molecule is CC#CCCC(CSc1ccccc1F)NCCC. The molecule has 1 rings (SSSR count). The lowest BCUT2D eigenvalue weighted by Crippen LogP contribution is -2.31. The van der Waals surface area contributed by atoms with Crippen LogP contribution in [-0.4, -0.2) is 18.3 Å². The zero-order valence-corrected chi connectivity index (χ0v) is 12.5. The lowest BCUT2D eigenvalue weighted by Gasteiger charge is -2.17. The molecule has 0 saturated heterocycles. The summed E-state index contributed by atoms with van der Waals surface area (Å²) in [7, 11) is 0. The Bertz CT molecular complexity index is 422. The van der Waals surface area contributed by atoms with Gasteiger partial charge in [0.2, 0.25) is 0 Å². The fourth-order valence-corrected chi connectivity index (χ4v) is 2.76. The second kappa shape index (κ2) is 9.89. The minimum absolute atomic E-state index is 0.130. The first-order valence-corrected chi connectivity index (χ1v) is 7.76. The predicted molar refractivity (Wildman–Crippen MR) is 81.9 cm³/mol. The highest BCUT2D eigenvalue weighted by Gasteiger charge is 2.09. The van der Waals surface area contributed by atoms with Crippen molar-refractivity contribution in [2.45, 2.75) is 44.0 Å². The maximum atomic E-state index is 13.5. The van der Waals surface area contributed by atoms with Gasteiger partial charge >= 0.3 is 0 Å². The summed E-state index contributed by atoms with van der Waals surface area (Å²) in [4.78, 5) is 0.729. The molecule has 1 N–H and O–H groups in total. The number of thioether (sulfide) groups is 1. The predicted octanol–water partition coefficient (Wildman–Crippen LogP) is 4.09. The smallest absolute Gasteiger partial charge is 0.136 e. The summed E-state index contributed by atoms with van der Waals surface area (Å²) >= 11 is 1.58. The van der Waals surface area contributed by atoms with Gasteiger partial charge in [0.05, 0.1) is 0 Å². The quantitative estimate of drug-likeness (QED) is 0.568. The third-order valence-electron chi connectivity index (χ3n) is 2.75. The summed E-state index contributed by atoms with van der Waals surface area (Å²) < 4.78 is 13.5. The molecule has 0 amide bonds. The average Bonchev–Trinajstić information content (AvgIpc) is 2.43. The van der Waals surface area contributed by atoms with Crippen LogP contribution in [0.2, 0.25) is 0 Å². The van der Waals surface area contributed by atoms with E-state index in [0.717, 1.165) is 36.5 Å². The van der Waals surface area contributed by atoms with E-state index in [9.17, 15) is 4.39 Å². The average molecular weight is 279 g/mol. The Labute approximate surface area is 120 Å². The van der Waals surface area contributed by atoms with E-state index < -0.39 is 0 Å². The molecule has 19 heavy (non-hydrogen) atoms. The molecule has 104 valence electrons. The van der Waals surface area contributed by atoms with Crippen molar-refractivity contribution in [3.05, 3.63) is 30.1 Å². The Morgan fingerprint density at radius 2 is 2.16 bits per heavy atom. The fraction of sp³-hybridized carbons (Fsp3) is 0.500. The van der Waals surface area contributed by atoms with Gasteiger partial charge in [-0.25, -0.2) is 4.39 Å². The van der Waals surface area contributed by atoms with Crippen molar-refractivity contribution in [1.29, 1.82) is 0 Å². The number of halogens is 1. The first-order chi connectivity index (χ1) is 9.27. The molecule has 3 heteroatoms. The van der Waals surface area contributed by atoms with Crippen LogP contribution in [0.4, 0.5) is 4.39 Å². The Morgan fingerprint density at radius 3 is 2.84 bits per heavy atom. The summed E-state index contributed by atoms with van der Waals surface area (Å²) in [5, 5.41) is 3.51. The summed E-state index contributed by atoms with van der Waals surface area (Å²) in [5.41, 5.74) is 0. The summed E-state index contributed by atoms with van der Waals surface area (Å²) in [6, 6.07) is 7.35. The van der Waals surface area contributed by atoms with Gasteiger partial charge in [0.25, 0.3) is 0 Å². The van der Waals surface area contributed by atoms with Crippen LogP contribution >= 0.6 is 11.8 Å². The molecule has 0 aliphatic carbocycles. The van der Waals surface area contributed by atoms with E-state index in [-0.39, 0.29) is 5.82 Å². The van der Waals surface area contributed by atoms with Gasteiger partial charge in [-0.15, -0.1) is 23.6 Å². The van der Waals surface area contributed by atoms with Crippen LogP contribution in [0.5, 0.6) is 0 Å². The third kappa shape index (κ3) is 6.66. The standard InChI is InChI=1S/C16H22FNS/c1-3-5-6-9-14(18-12-4-2)13-19-16-11-8-7-10-15(16)17/h7-8,10-11,14,18H,4,6,9,12-13H2,1-2H3. The van der Waals surface area contributed by atoms with Crippen molar-refractivity contribution in [3.63, 3.8) is 0 Å². The van der Waals surface area contributed by atoms with Crippen molar-refractivity contribution in [2.75, 3.05) is 12.3 Å². The first-order valence-electron chi connectivity index (χ1n) is 6.78. The molecule has 1 unspecified atom stereocenters. The lowest BCUT2D eigenvalue weighted by atomic mass is 10.2. The summed E-state index contributed by atoms with van der Waals surface area (Å²) in [5.74, 6) is 6.76. The molecule has 0 radical (unpaired) electrons.